The quantitative estimate of drug-likeness (QED) is 0.892. The summed E-state index contributed by atoms with van der Waals surface area (Å²) in [5.41, 5.74) is 0.522. The first kappa shape index (κ1) is 14.8. The van der Waals surface area contributed by atoms with Crippen LogP contribution in [0.15, 0.2) is 16.7 Å². The zero-order chi connectivity index (χ0) is 13.7. The minimum atomic E-state index is -0.247. The van der Waals surface area contributed by atoms with Gasteiger partial charge in [-0.25, -0.2) is 0 Å². The van der Waals surface area contributed by atoms with Crippen LogP contribution in [0.5, 0.6) is 0 Å². The predicted octanol–water partition coefficient (Wildman–Crippen LogP) is 1.39. The molecule has 1 aromatic rings. The van der Waals surface area contributed by atoms with E-state index in [9.17, 15) is 9.59 Å². The van der Waals surface area contributed by atoms with Crippen LogP contribution in [0, 0.1) is 0 Å². The second kappa shape index (κ2) is 6.58. The van der Waals surface area contributed by atoms with Crippen molar-refractivity contribution in [2.45, 2.75) is 13.8 Å². The van der Waals surface area contributed by atoms with Crippen LogP contribution in [-0.2, 0) is 11.8 Å². The lowest BCUT2D eigenvalue weighted by Gasteiger charge is -2.18. The monoisotopic (exact) mass is 315 g/mol. The third-order valence-electron chi connectivity index (χ3n) is 2.72. The molecule has 0 bridgehead atoms. The van der Waals surface area contributed by atoms with Crippen molar-refractivity contribution in [3.8, 4) is 0 Å². The van der Waals surface area contributed by atoms with E-state index in [1.165, 1.54) is 0 Å². The molecule has 0 atom stereocenters. The molecule has 0 aliphatic rings. The van der Waals surface area contributed by atoms with Crippen LogP contribution in [0.25, 0.3) is 0 Å². The topological polar surface area (TPSA) is 54.3 Å². The molecule has 1 rings (SSSR count). The number of hydrogen-bond acceptors (Lipinski definition) is 2. The number of carbonyl (C=O) groups is 2. The average Bonchev–Trinajstić information content (AvgIpc) is 2.67. The molecule has 0 radical (unpaired) electrons. The number of aryl methyl sites for hydroxylation is 1. The van der Waals surface area contributed by atoms with Crippen molar-refractivity contribution in [2.24, 2.45) is 7.05 Å². The highest BCUT2D eigenvalue weighted by molar-refractivity contribution is 9.10. The fourth-order valence-electron chi connectivity index (χ4n) is 1.68. The molecule has 5 nitrogen and oxygen atoms in total. The molecule has 1 aromatic heterocycles. The largest absolute Gasteiger partial charge is 0.345 e. The maximum absolute atomic E-state index is 11.9. The normalized spacial score (nSPS) is 10.2. The van der Waals surface area contributed by atoms with E-state index in [-0.39, 0.29) is 18.4 Å². The van der Waals surface area contributed by atoms with Gasteiger partial charge in [0.25, 0.3) is 5.91 Å². The molecule has 0 aliphatic carbocycles. The SMILES string of the molecule is CCN(CC)C(=O)CNC(=O)c1cc(Br)cn1C. The van der Waals surface area contributed by atoms with Gasteiger partial charge < -0.3 is 14.8 Å². The Labute approximate surface area is 115 Å². The van der Waals surface area contributed by atoms with Crippen molar-refractivity contribution >= 4 is 27.7 Å². The molecule has 0 saturated carbocycles. The highest BCUT2D eigenvalue weighted by atomic mass is 79.9. The first-order valence-corrected chi connectivity index (χ1v) is 6.66. The van der Waals surface area contributed by atoms with Crippen LogP contribution in [0.1, 0.15) is 24.3 Å². The van der Waals surface area contributed by atoms with E-state index in [0.29, 0.717) is 18.8 Å². The van der Waals surface area contributed by atoms with Crippen molar-refractivity contribution in [1.29, 1.82) is 0 Å². The Kier molecular flexibility index (Phi) is 5.40. The lowest BCUT2D eigenvalue weighted by molar-refractivity contribution is -0.129. The summed E-state index contributed by atoms with van der Waals surface area (Å²) >= 11 is 3.30. The van der Waals surface area contributed by atoms with Crippen molar-refractivity contribution in [3.05, 3.63) is 22.4 Å². The van der Waals surface area contributed by atoms with E-state index in [2.05, 4.69) is 21.2 Å². The highest BCUT2D eigenvalue weighted by Gasteiger charge is 2.14. The van der Waals surface area contributed by atoms with Gasteiger partial charge in [0, 0.05) is 30.8 Å². The Morgan fingerprint density at radius 1 is 1.39 bits per heavy atom. The Hall–Kier alpha value is -1.30. The summed E-state index contributed by atoms with van der Waals surface area (Å²) in [6, 6.07) is 1.72. The number of aromatic nitrogens is 1. The third kappa shape index (κ3) is 3.60. The van der Waals surface area contributed by atoms with Gasteiger partial charge in [-0.3, -0.25) is 9.59 Å². The second-order valence-corrected chi connectivity index (χ2v) is 4.82. The molecule has 100 valence electrons. The first-order valence-electron chi connectivity index (χ1n) is 5.87. The van der Waals surface area contributed by atoms with Crippen molar-refractivity contribution in [1.82, 2.24) is 14.8 Å². The molecule has 0 spiro atoms. The van der Waals surface area contributed by atoms with Gasteiger partial charge in [-0.1, -0.05) is 0 Å². The number of likely N-dealkylation sites (N-methyl/N-ethyl adjacent to an activating group) is 1. The Bertz CT molecular complexity index is 439. The van der Waals surface area contributed by atoms with Crippen LogP contribution in [-0.4, -0.2) is 40.9 Å². The van der Waals surface area contributed by atoms with Gasteiger partial charge in [-0.2, -0.15) is 0 Å². The standard InChI is InChI=1S/C12H18BrN3O2/c1-4-16(5-2)11(17)7-14-12(18)10-6-9(13)8-15(10)3/h6,8H,4-5,7H2,1-3H3,(H,14,18). The van der Waals surface area contributed by atoms with Gasteiger partial charge >= 0.3 is 0 Å². The Morgan fingerprint density at radius 3 is 2.44 bits per heavy atom. The molecular formula is C12H18BrN3O2. The minimum Gasteiger partial charge on any atom is -0.345 e. The van der Waals surface area contributed by atoms with Crippen molar-refractivity contribution < 1.29 is 9.59 Å². The molecule has 1 N–H and O–H groups in total. The lowest BCUT2D eigenvalue weighted by Crippen LogP contribution is -2.40. The first-order chi connectivity index (χ1) is 8.49. The average molecular weight is 316 g/mol. The van der Waals surface area contributed by atoms with E-state index >= 15 is 0 Å². The van der Waals surface area contributed by atoms with Gasteiger partial charge in [-0.15, -0.1) is 0 Å². The zero-order valence-electron chi connectivity index (χ0n) is 10.9. The van der Waals surface area contributed by atoms with Crippen LogP contribution in [0.2, 0.25) is 0 Å². The summed E-state index contributed by atoms with van der Waals surface area (Å²) in [6.07, 6.45) is 1.79. The summed E-state index contributed by atoms with van der Waals surface area (Å²) in [6.45, 7) is 5.17. The summed E-state index contributed by atoms with van der Waals surface area (Å²) in [7, 11) is 1.78. The second-order valence-electron chi connectivity index (χ2n) is 3.90. The molecule has 0 fully saturated rings. The van der Waals surface area contributed by atoms with E-state index in [4.69, 9.17) is 0 Å². The maximum Gasteiger partial charge on any atom is 0.268 e. The summed E-state index contributed by atoms with van der Waals surface area (Å²) in [5, 5.41) is 2.63. The van der Waals surface area contributed by atoms with Gasteiger partial charge in [0.1, 0.15) is 5.69 Å². The molecule has 0 unspecified atom stereocenters. The molecule has 18 heavy (non-hydrogen) atoms. The third-order valence-corrected chi connectivity index (χ3v) is 3.15. The molecule has 6 heteroatoms. The highest BCUT2D eigenvalue weighted by Crippen LogP contribution is 2.13. The lowest BCUT2D eigenvalue weighted by atomic mass is 10.4. The number of nitrogens with zero attached hydrogens (tertiary/aromatic N) is 2. The fraction of sp³-hybridized carbons (Fsp3) is 0.500. The van der Waals surface area contributed by atoms with Gasteiger partial charge in [0.2, 0.25) is 5.91 Å². The molecular weight excluding hydrogens is 298 g/mol. The fourth-order valence-corrected chi connectivity index (χ4v) is 2.21. The smallest absolute Gasteiger partial charge is 0.268 e. The van der Waals surface area contributed by atoms with E-state index in [0.717, 1.165) is 4.47 Å². The van der Waals surface area contributed by atoms with Crippen LogP contribution >= 0.6 is 15.9 Å². The maximum atomic E-state index is 11.9. The number of rotatable bonds is 5. The Morgan fingerprint density at radius 2 is 2.00 bits per heavy atom. The number of amides is 2. The molecule has 0 aliphatic heterocycles. The van der Waals surface area contributed by atoms with Crippen LogP contribution < -0.4 is 5.32 Å². The number of nitrogens with one attached hydrogen (secondary N) is 1. The number of carbonyl (C=O) groups excluding carboxylic acids is 2. The number of halogens is 1. The van der Waals surface area contributed by atoms with Crippen molar-refractivity contribution in [3.63, 3.8) is 0 Å². The summed E-state index contributed by atoms with van der Waals surface area (Å²) in [4.78, 5) is 25.3. The van der Waals surface area contributed by atoms with Crippen LogP contribution in [0.3, 0.4) is 0 Å². The van der Waals surface area contributed by atoms with Gasteiger partial charge in [0.15, 0.2) is 0 Å². The zero-order valence-corrected chi connectivity index (χ0v) is 12.5. The number of hydrogen-bond donors (Lipinski definition) is 1. The van der Waals surface area contributed by atoms with Gasteiger partial charge in [0.05, 0.1) is 6.54 Å². The van der Waals surface area contributed by atoms with Crippen molar-refractivity contribution in [2.75, 3.05) is 19.6 Å². The predicted molar refractivity (Wildman–Crippen MR) is 73.4 cm³/mol. The molecule has 0 saturated heterocycles. The van der Waals surface area contributed by atoms with E-state index < -0.39 is 0 Å². The Balaban J connectivity index is 2.56. The molecule has 2 amide bonds. The van der Waals surface area contributed by atoms with E-state index in [1.54, 1.807) is 28.8 Å². The van der Waals surface area contributed by atoms with Crippen LogP contribution in [0.4, 0.5) is 0 Å². The minimum absolute atomic E-state index is 0.0311. The van der Waals surface area contributed by atoms with E-state index in [1.807, 2.05) is 13.8 Å². The summed E-state index contributed by atoms with van der Waals surface area (Å²) in [5.74, 6) is -0.315. The summed E-state index contributed by atoms with van der Waals surface area (Å²) < 4.78 is 2.55. The molecule has 0 aromatic carbocycles. The van der Waals surface area contributed by atoms with Gasteiger partial charge in [-0.05, 0) is 35.8 Å². The molecule has 1 heterocycles.